The minimum Gasteiger partial charge on any atom is -0.496 e. The van der Waals surface area contributed by atoms with Crippen molar-refractivity contribution in [2.24, 2.45) is 0 Å². The Balaban J connectivity index is 1.78. The summed E-state index contributed by atoms with van der Waals surface area (Å²) in [6, 6.07) is 10.8. The van der Waals surface area contributed by atoms with Crippen molar-refractivity contribution in [3.63, 3.8) is 0 Å². The van der Waals surface area contributed by atoms with E-state index in [1.54, 1.807) is 48.3 Å². The molecular formula is C23H22Cl2N2O3. The molecule has 0 aliphatic carbocycles. The number of benzene rings is 2. The molecule has 1 heterocycles. The van der Waals surface area contributed by atoms with Gasteiger partial charge < -0.3 is 9.47 Å². The Bertz CT molecular complexity index is 1090. The first-order valence-electron chi connectivity index (χ1n) is 9.43. The summed E-state index contributed by atoms with van der Waals surface area (Å²) in [4.78, 5) is 12.5. The van der Waals surface area contributed by atoms with Crippen molar-refractivity contribution < 1.29 is 14.3 Å². The molecule has 0 saturated carbocycles. The van der Waals surface area contributed by atoms with Crippen molar-refractivity contribution in [1.29, 1.82) is 0 Å². The normalized spacial score (nSPS) is 11.1. The minimum absolute atomic E-state index is 0.0912. The van der Waals surface area contributed by atoms with Gasteiger partial charge in [0.25, 0.3) is 0 Å². The van der Waals surface area contributed by atoms with Gasteiger partial charge >= 0.3 is 0 Å². The predicted molar refractivity (Wildman–Crippen MR) is 120 cm³/mol. The molecular weight excluding hydrogens is 423 g/mol. The number of carbonyl (C=O) groups excluding carboxylic acids is 1. The van der Waals surface area contributed by atoms with E-state index in [1.807, 2.05) is 32.0 Å². The summed E-state index contributed by atoms with van der Waals surface area (Å²) in [5.41, 5.74) is 3.12. The Labute approximate surface area is 185 Å². The van der Waals surface area contributed by atoms with Crippen LogP contribution in [0.2, 0.25) is 10.0 Å². The molecule has 0 aliphatic rings. The van der Waals surface area contributed by atoms with E-state index in [4.69, 9.17) is 32.7 Å². The van der Waals surface area contributed by atoms with Crippen LogP contribution in [-0.4, -0.2) is 22.7 Å². The number of rotatable bonds is 8. The fourth-order valence-electron chi connectivity index (χ4n) is 3.03. The van der Waals surface area contributed by atoms with E-state index in [9.17, 15) is 4.79 Å². The van der Waals surface area contributed by atoms with Crippen LogP contribution in [0, 0.1) is 6.92 Å². The van der Waals surface area contributed by atoms with E-state index in [0.717, 1.165) is 23.4 Å². The first-order valence-corrected chi connectivity index (χ1v) is 10.2. The zero-order valence-corrected chi connectivity index (χ0v) is 18.5. The predicted octanol–water partition coefficient (Wildman–Crippen LogP) is 6.00. The van der Waals surface area contributed by atoms with Crippen LogP contribution in [0.5, 0.6) is 11.5 Å². The summed E-state index contributed by atoms with van der Waals surface area (Å²) in [5.74, 6) is 1.08. The fourth-order valence-corrected chi connectivity index (χ4v) is 3.38. The third kappa shape index (κ3) is 4.86. The smallest absolute Gasteiger partial charge is 0.189 e. The largest absolute Gasteiger partial charge is 0.496 e. The van der Waals surface area contributed by atoms with Gasteiger partial charge in [-0.2, -0.15) is 5.10 Å². The van der Waals surface area contributed by atoms with Crippen LogP contribution < -0.4 is 9.47 Å². The van der Waals surface area contributed by atoms with Gasteiger partial charge in [0.15, 0.2) is 5.78 Å². The van der Waals surface area contributed by atoms with Gasteiger partial charge in [-0.3, -0.25) is 9.48 Å². The Kier molecular flexibility index (Phi) is 7.19. The molecule has 0 saturated heterocycles. The zero-order valence-electron chi connectivity index (χ0n) is 17.0. The van der Waals surface area contributed by atoms with E-state index in [2.05, 4.69) is 5.10 Å². The summed E-state index contributed by atoms with van der Waals surface area (Å²) in [5, 5.41) is 5.01. The maximum absolute atomic E-state index is 12.5. The number of ketones is 1. The van der Waals surface area contributed by atoms with Crippen LogP contribution in [0.1, 0.15) is 34.1 Å². The monoisotopic (exact) mass is 444 g/mol. The van der Waals surface area contributed by atoms with E-state index in [0.29, 0.717) is 27.1 Å². The van der Waals surface area contributed by atoms with Crippen molar-refractivity contribution in [3.8, 4) is 11.5 Å². The van der Waals surface area contributed by atoms with Gasteiger partial charge in [-0.05, 0) is 49.8 Å². The van der Waals surface area contributed by atoms with Crippen LogP contribution in [0.4, 0.5) is 0 Å². The lowest BCUT2D eigenvalue weighted by Crippen LogP contribution is -2.02. The van der Waals surface area contributed by atoms with Crippen molar-refractivity contribution in [1.82, 2.24) is 9.78 Å². The molecule has 3 aromatic rings. The molecule has 0 amide bonds. The minimum atomic E-state index is -0.0912. The quantitative estimate of drug-likeness (QED) is 0.315. The third-order valence-electron chi connectivity index (χ3n) is 4.70. The van der Waals surface area contributed by atoms with Gasteiger partial charge in [0.1, 0.15) is 23.1 Å². The number of aryl methyl sites for hydroxylation is 1. The van der Waals surface area contributed by atoms with E-state index in [-0.39, 0.29) is 12.4 Å². The van der Waals surface area contributed by atoms with E-state index in [1.165, 1.54) is 0 Å². The first-order chi connectivity index (χ1) is 14.4. The van der Waals surface area contributed by atoms with Crippen LogP contribution in [0.25, 0.3) is 6.08 Å². The molecule has 156 valence electrons. The van der Waals surface area contributed by atoms with Gasteiger partial charge in [0.2, 0.25) is 0 Å². The average molecular weight is 445 g/mol. The Morgan fingerprint density at radius 3 is 2.70 bits per heavy atom. The van der Waals surface area contributed by atoms with Crippen molar-refractivity contribution >= 4 is 35.1 Å². The second-order valence-electron chi connectivity index (χ2n) is 6.57. The van der Waals surface area contributed by atoms with Gasteiger partial charge in [0.05, 0.1) is 23.9 Å². The molecule has 0 aliphatic heterocycles. The number of methoxy groups -OCH3 is 1. The summed E-state index contributed by atoms with van der Waals surface area (Å²) in [7, 11) is 1.60. The average Bonchev–Trinajstić information content (AvgIpc) is 3.13. The number of carbonyl (C=O) groups is 1. The van der Waals surface area contributed by atoms with Gasteiger partial charge in [0, 0.05) is 17.8 Å². The maximum Gasteiger partial charge on any atom is 0.189 e. The van der Waals surface area contributed by atoms with Gasteiger partial charge in [-0.25, -0.2) is 0 Å². The molecule has 0 radical (unpaired) electrons. The maximum atomic E-state index is 12.5. The Morgan fingerprint density at radius 2 is 2.00 bits per heavy atom. The summed E-state index contributed by atoms with van der Waals surface area (Å²) < 4.78 is 13.1. The van der Waals surface area contributed by atoms with Crippen molar-refractivity contribution in [2.45, 2.75) is 27.0 Å². The molecule has 5 nitrogen and oxygen atoms in total. The highest BCUT2D eigenvalue weighted by Gasteiger charge is 2.12. The fraction of sp³-hybridized carbons (Fsp3) is 0.217. The molecule has 0 fully saturated rings. The number of hydrogen-bond donors (Lipinski definition) is 0. The van der Waals surface area contributed by atoms with Gasteiger partial charge in [-0.1, -0.05) is 41.4 Å². The molecule has 30 heavy (non-hydrogen) atoms. The number of halogens is 2. The van der Waals surface area contributed by atoms with Gasteiger partial charge in [-0.15, -0.1) is 0 Å². The molecule has 2 aromatic carbocycles. The molecule has 0 unspecified atom stereocenters. The van der Waals surface area contributed by atoms with E-state index < -0.39 is 0 Å². The second-order valence-corrected chi connectivity index (χ2v) is 7.35. The van der Waals surface area contributed by atoms with E-state index >= 15 is 0 Å². The van der Waals surface area contributed by atoms with Crippen molar-refractivity contribution in [2.75, 3.05) is 7.11 Å². The molecule has 3 rings (SSSR count). The SMILES string of the molecule is CCn1ncc(C(=O)/C=C/c2ccc(OC)c(COc3cccc(Cl)c3Cl)c2)c1C. The second kappa shape index (κ2) is 9.83. The van der Waals surface area contributed by atoms with Crippen LogP contribution >= 0.6 is 23.2 Å². The zero-order chi connectivity index (χ0) is 21.7. The third-order valence-corrected chi connectivity index (χ3v) is 5.50. The lowest BCUT2D eigenvalue weighted by Gasteiger charge is -2.12. The highest BCUT2D eigenvalue weighted by atomic mass is 35.5. The summed E-state index contributed by atoms with van der Waals surface area (Å²) in [6.45, 7) is 4.84. The summed E-state index contributed by atoms with van der Waals surface area (Å²) >= 11 is 12.2. The molecule has 0 N–H and O–H groups in total. The number of nitrogens with zero attached hydrogens (tertiary/aromatic N) is 2. The Morgan fingerprint density at radius 1 is 1.20 bits per heavy atom. The molecule has 1 aromatic heterocycles. The highest BCUT2D eigenvalue weighted by molar-refractivity contribution is 6.42. The summed E-state index contributed by atoms with van der Waals surface area (Å²) in [6.07, 6.45) is 4.91. The molecule has 7 heteroatoms. The topological polar surface area (TPSA) is 53.4 Å². The number of aromatic nitrogens is 2. The van der Waals surface area contributed by atoms with Crippen LogP contribution in [0.3, 0.4) is 0 Å². The van der Waals surface area contributed by atoms with Crippen LogP contribution in [0.15, 0.2) is 48.7 Å². The molecule has 0 bridgehead atoms. The first kappa shape index (κ1) is 21.9. The lowest BCUT2D eigenvalue weighted by molar-refractivity contribution is 0.104. The number of hydrogen-bond acceptors (Lipinski definition) is 4. The number of ether oxygens (including phenoxy) is 2. The Hall–Kier alpha value is -2.76. The standard InChI is InChI=1S/C23H22Cl2N2O3/c1-4-27-15(2)18(13-26-27)20(28)10-8-16-9-11-21(29-3)17(12-16)14-30-22-7-5-6-19(24)23(22)25/h5-13H,4,14H2,1-3H3/b10-8+. The molecule has 0 atom stereocenters. The lowest BCUT2D eigenvalue weighted by atomic mass is 10.1. The number of allylic oxidation sites excluding steroid dienone is 1. The molecule has 0 spiro atoms. The highest BCUT2D eigenvalue weighted by Crippen LogP contribution is 2.32. The van der Waals surface area contributed by atoms with Crippen LogP contribution in [-0.2, 0) is 13.2 Å². The van der Waals surface area contributed by atoms with Crippen molar-refractivity contribution in [3.05, 3.63) is 81.1 Å².